The van der Waals surface area contributed by atoms with Gasteiger partial charge in [-0.15, -0.1) is 0 Å². The third-order valence-electron chi connectivity index (χ3n) is 5.08. The minimum Gasteiger partial charge on any atom is -0.319 e. The summed E-state index contributed by atoms with van der Waals surface area (Å²) in [7, 11) is 0. The lowest BCUT2D eigenvalue weighted by atomic mass is 10.1. The predicted molar refractivity (Wildman–Crippen MR) is 112 cm³/mol. The van der Waals surface area contributed by atoms with Crippen LogP contribution >= 0.6 is 11.6 Å². The molecule has 1 atom stereocenters. The number of aromatic nitrogens is 3. The summed E-state index contributed by atoms with van der Waals surface area (Å²) < 4.78 is 40.6. The smallest absolute Gasteiger partial charge is 0.319 e. The second-order valence-electron chi connectivity index (χ2n) is 7.42. The molecule has 3 heterocycles. The van der Waals surface area contributed by atoms with Crippen LogP contribution in [0.5, 0.6) is 0 Å². The van der Waals surface area contributed by atoms with Crippen molar-refractivity contribution < 1.29 is 22.8 Å². The van der Waals surface area contributed by atoms with Crippen LogP contribution in [0.3, 0.4) is 0 Å². The van der Waals surface area contributed by atoms with Gasteiger partial charge in [0.05, 0.1) is 28.5 Å². The molecule has 0 saturated heterocycles. The van der Waals surface area contributed by atoms with Gasteiger partial charge in [0, 0.05) is 29.7 Å². The molecule has 0 aliphatic carbocycles. The van der Waals surface area contributed by atoms with Gasteiger partial charge in [0.2, 0.25) is 0 Å². The summed E-state index contributed by atoms with van der Waals surface area (Å²) >= 11 is 5.84. The van der Waals surface area contributed by atoms with E-state index in [1.165, 1.54) is 28.0 Å². The number of amides is 2. The van der Waals surface area contributed by atoms with Crippen molar-refractivity contribution in [3.8, 4) is 0 Å². The van der Waals surface area contributed by atoms with Crippen LogP contribution in [0.2, 0.25) is 5.02 Å². The molecule has 0 fully saturated rings. The van der Waals surface area contributed by atoms with Gasteiger partial charge in [0.25, 0.3) is 11.8 Å². The summed E-state index contributed by atoms with van der Waals surface area (Å²) in [6.07, 6.45) is -1.73. The zero-order valence-corrected chi connectivity index (χ0v) is 17.7. The van der Waals surface area contributed by atoms with E-state index in [2.05, 4.69) is 15.4 Å². The molecule has 1 aliphatic heterocycles. The predicted octanol–water partition coefficient (Wildman–Crippen LogP) is 4.73. The first-order chi connectivity index (χ1) is 15.1. The van der Waals surface area contributed by atoms with Crippen molar-refractivity contribution in [2.45, 2.75) is 26.1 Å². The maximum atomic E-state index is 13.2. The molecular formula is C21H17ClF3N5O2. The highest BCUT2D eigenvalue weighted by atomic mass is 35.5. The quantitative estimate of drug-likeness (QED) is 0.609. The van der Waals surface area contributed by atoms with Gasteiger partial charge in [-0.2, -0.15) is 18.3 Å². The fraction of sp³-hybridized carbons (Fsp3) is 0.238. The van der Waals surface area contributed by atoms with Crippen LogP contribution in [0.4, 0.5) is 24.5 Å². The molecule has 1 aliphatic rings. The first-order valence-corrected chi connectivity index (χ1v) is 9.94. The maximum Gasteiger partial charge on any atom is 0.417 e. The third kappa shape index (κ3) is 3.93. The molecular weight excluding hydrogens is 447 g/mol. The highest BCUT2D eigenvalue weighted by Crippen LogP contribution is 2.38. The highest BCUT2D eigenvalue weighted by molar-refractivity contribution is 6.31. The first kappa shape index (κ1) is 21.8. The Hall–Kier alpha value is -3.40. The zero-order valence-electron chi connectivity index (χ0n) is 16.9. The lowest BCUT2D eigenvalue weighted by Crippen LogP contribution is -2.43. The number of rotatable bonds is 3. The number of carbonyl (C=O) groups is 2. The summed E-state index contributed by atoms with van der Waals surface area (Å²) in [5.41, 5.74) is 0.577. The Kier molecular flexibility index (Phi) is 5.41. The number of aryl methyl sites for hydroxylation is 1. The van der Waals surface area contributed by atoms with Gasteiger partial charge in [-0.05, 0) is 44.2 Å². The third-order valence-corrected chi connectivity index (χ3v) is 5.40. The molecule has 11 heteroatoms. The normalized spacial score (nSPS) is 16.1. The monoisotopic (exact) mass is 463 g/mol. The number of nitrogens with one attached hydrogen (secondary N) is 1. The Morgan fingerprint density at radius 2 is 2.00 bits per heavy atom. The summed E-state index contributed by atoms with van der Waals surface area (Å²) in [5.74, 6) is -0.959. The lowest BCUT2D eigenvalue weighted by molar-refractivity contribution is -0.137. The molecule has 0 unspecified atom stereocenters. The van der Waals surface area contributed by atoms with Gasteiger partial charge in [0.1, 0.15) is 0 Å². The molecule has 32 heavy (non-hydrogen) atoms. The summed E-state index contributed by atoms with van der Waals surface area (Å²) in [6.45, 7) is 3.72. The van der Waals surface area contributed by atoms with Crippen LogP contribution in [0, 0.1) is 6.92 Å². The van der Waals surface area contributed by atoms with Crippen LogP contribution in [0.15, 0.2) is 42.7 Å². The van der Waals surface area contributed by atoms with Crippen LogP contribution in [-0.2, 0) is 6.18 Å². The van der Waals surface area contributed by atoms with E-state index < -0.39 is 28.6 Å². The molecule has 2 aromatic heterocycles. The van der Waals surface area contributed by atoms with Gasteiger partial charge in [-0.25, -0.2) is 0 Å². The van der Waals surface area contributed by atoms with E-state index >= 15 is 0 Å². The number of halogens is 4. The number of hydrogen-bond acceptors (Lipinski definition) is 4. The van der Waals surface area contributed by atoms with Crippen LogP contribution in [-0.4, -0.2) is 33.1 Å². The first-order valence-electron chi connectivity index (χ1n) is 9.56. The molecule has 0 bridgehead atoms. The second kappa shape index (κ2) is 7.94. The van der Waals surface area contributed by atoms with Gasteiger partial charge >= 0.3 is 6.18 Å². The number of benzene rings is 1. The van der Waals surface area contributed by atoms with Crippen molar-refractivity contribution in [2.24, 2.45) is 0 Å². The molecule has 1 N–H and O–H groups in total. The Balaban J connectivity index is 1.66. The van der Waals surface area contributed by atoms with E-state index in [1.54, 1.807) is 26.0 Å². The number of nitrogens with zero attached hydrogens (tertiary/aromatic N) is 4. The SMILES string of the molecule is Cc1cc(C(=O)Nc2cnn3c2C(=O)N(c2ccc(C(F)(F)F)c(Cl)c2)C[C@@H]3C)ccn1. The molecule has 0 spiro atoms. The number of hydrogen-bond donors (Lipinski definition) is 1. The Morgan fingerprint density at radius 3 is 2.66 bits per heavy atom. The van der Waals surface area contributed by atoms with E-state index in [-0.39, 0.29) is 29.7 Å². The fourth-order valence-electron chi connectivity index (χ4n) is 3.56. The van der Waals surface area contributed by atoms with E-state index in [1.807, 2.05) is 0 Å². The maximum absolute atomic E-state index is 13.2. The van der Waals surface area contributed by atoms with E-state index in [4.69, 9.17) is 11.6 Å². The van der Waals surface area contributed by atoms with Crippen LogP contribution in [0.25, 0.3) is 0 Å². The molecule has 7 nitrogen and oxygen atoms in total. The van der Waals surface area contributed by atoms with Crippen LogP contribution in [0.1, 0.15) is 45.1 Å². The summed E-state index contributed by atoms with van der Waals surface area (Å²) in [6, 6.07) is 6.00. The number of fused-ring (bicyclic) bond motifs is 1. The van der Waals surface area contributed by atoms with Gasteiger partial charge in [-0.3, -0.25) is 19.3 Å². The fourth-order valence-corrected chi connectivity index (χ4v) is 3.84. The van der Waals surface area contributed by atoms with Gasteiger partial charge < -0.3 is 10.2 Å². The molecule has 0 radical (unpaired) electrons. The molecule has 3 aromatic rings. The average molecular weight is 464 g/mol. The molecule has 4 rings (SSSR count). The lowest BCUT2D eigenvalue weighted by Gasteiger charge is -2.32. The van der Waals surface area contributed by atoms with Crippen molar-refractivity contribution in [1.29, 1.82) is 0 Å². The molecule has 166 valence electrons. The minimum absolute atomic E-state index is 0.124. The molecule has 2 amide bonds. The number of anilines is 2. The summed E-state index contributed by atoms with van der Waals surface area (Å²) in [4.78, 5) is 31.3. The van der Waals surface area contributed by atoms with Crippen molar-refractivity contribution in [3.63, 3.8) is 0 Å². The van der Waals surface area contributed by atoms with Crippen molar-refractivity contribution >= 4 is 34.8 Å². The average Bonchev–Trinajstić information content (AvgIpc) is 3.14. The van der Waals surface area contributed by atoms with Crippen molar-refractivity contribution in [1.82, 2.24) is 14.8 Å². The van der Waals surface area contributed by atoms with Gasteiger partial charge in [0.15, 0.2) is 5.69 Å². The Labute approximate surface area is 185 Å². The Morgan fingerprint density at radius 1 is 1.25 bits per heavy atom. The van der Waals surface area contributed by atoms with E-state index in [9.17, 15) is 22.8 Å². The van der Waals surface area contributed by atoms with Crippen molar-refractivity contribution in [3.05, 3.63) is 70.3 Å². The largest absolute Gasteiger partial charge is 0.417 e. The topological polar surface area (TPSA) is 80.1 Å². The second-order valence-corrected chi connectivity index (χ2v) is 7.83. The minimum atomic E-state index is -4.60. The number of pyridine rings is 1. The molecule has 1 aromatic carbocycles. The zero-order chi connectivity index (χ0) is 23.2. The van der Waals surface area contributed by atoms with Crippen molar-refractivity contribution in [2.75, 3.05) is 16.8 Å². The Bertz CT molecular complexity index is 1220. The van der Waals surface area contributed by atoms with Crippen LogP contribution < -0.4 is 10.2 Å². The standard InChI is InChI=1S/C21H17ClF3N5O2/c1-11-7-13(5-6-26-11)19(31)28-17-9-27-30-12(2)10-29(20(32)18(17)30)14-3-4-15(16(22)8-14)21(23,24)25/h3-9,12H,10H2,1-2H3,(H,28,31)/t12-/m0/s1. The van der Waals surface area contributed by atoms with E-state index in [0.717, 1.165) is 12.1 Å². The van der Waals surface area contributed by atoms with Gasteiger partial charge in [-0.1, -0.05) is 11.6 Å². The van der Waals surface area contributed by atoms with E-state index in [0.29, 0.717) is 11.3 Å². The highest BCUT2D eigenvalue weighted by Gasteiger charge is 2.36. The number of alkyl halides is 3. The summed E-state index contributed by atoms with van der Waals surface area (Å²) in [5, 5.41) is 6.39. The number of carbonyl (C=O) groups excluding carboxylic acids is 2. The molecule has 0 saturated carbocycles.